The van der Waals surface area contributed by atoms with Gasteiger partial charge in [0.05, 0.1) is 6.10 Å². The number of nitrogens with two attached hydrogens (primary N) is 1. The Morgan fingerprint density at radius 1 is 1.40 bits per heavy atom. The van der Waals surface area contributed by atoms with E-state index in [1.54, 1.807) is 7.11 Å². The van der Waals surface area contributed by atoms with E-state index in [0.717, 1.165) is 25.9 Å². The Morgan fingerprint density at radius 2 is 2.25 bits per heavy atom. The minimum Gasteiger partial charge on any atom is -0.381 e. The molecule has 1 saturated heterocycles. The molecule has 1 fully saturated rings. The third kappa shape index (κ3) is 2.59. The quantitative estimate of drug-likeness (QED) is 0.897. The molecule has 0 aliphatic carbocycles. The summed E-state index contributed by atoms with van der Waals surface area (Å²) >= 11 is 0. The smallest absolute Gasteiger partial charge is 0.0599 e. The molecule has 20 heavy (non-hydrogen) atoms. The van der Waals surface area contributed by atoms with Crippen molar-refractivity contribution in [3.8, 4) is 0 Å². The largest absolute Gasteiger partial charge is 0.381 e. The molecule has 4 heteroatoms. The van der Waals surface area contributed by atoms with E-state index in [1.807, 2.05) is 0 Å². The highest BCUT2D eigenvalue weighted by atomic mass is 16.5. The first-order valence-electron chi connectivity index (χ1n) is 7.33. The zero-order valence-corrected chi connectivity index (χ0v) is 12.0. The number of likely N-dealkylation sites (tertiary alicyclic amines) is 1. The van der Waals surface area contributed by atoms with Crippen molar-refractivity contribution >= 4 is 10.9 Å². The van der Waals surface area contributed by atoms with Crippen LogP contribution in [0, 0.1) is 0 Å². The molecule has 2 unspecified atom stereocenters. The molecule has 3 rings (SSSR count). The van der Waals surface area contributed by atoms with Crippen LogP contribution in [0.1, 0.15) is 18.4 Å². The summed E-state index contributed by atoms with van der Waals surface area (Å²) in [6.07, 6.45) is 4.62. The van der Waals surface area contributed by atoms with Crippen LogP contribution in [-0.4, -0.2) is 42.2 Å². The Kier molecular flexibility index (Phi) is 4.05. The van der Waals surface area contributed by atoms with Crippen molar-refractivity contribution in [1.29, 1.82) is 0 Å². The fourth-order valence-corrected chi connectivity index (χ4v) is 3.21. The number of benzene rings is 1. The van der Waals surface area contributed by atoms with Gasteiger partial charge < -0.3 is 15.5 Å². The van der Waals surface area contributed by atoms with E-state index in [1.165, 1.54) is 16.5 Å². The molecular weight excluding hydrogens is 250 g/mol. The van der Waals surface area contributed by atoms with Gasteiger partial charge in [-0.2, -0.15) is 0 Å². The van der Waals surface area contributed by atoms with Crippen LogP contribution in [0.5, 0.6) is 0 Å². The lowest BCUT2D eigenvalue weighted by atomic mass is 9.98. The highest BCUT2D eigenvalue weighted by molar-refractivity contribution is 5.82. The van der Waals surface area contributed by atoms with Gasteiger partial charge >= 0.3 is 0 Å². The first-order valence-corrected chi connectivity index (χ1v) is 7.33. The molecular formula is C16H23N3O. The van der Waals surface area contributed by atoms with Gasteiger partial charge in [0.1, 0.15) is 0 Å². The maximum atomic E-state index is 5.95. The van der Waals surface area contributed by atoms with Gasteiger partial charge in [0.25, 0.3) is 0 Å². The Bertz CT molecular complexity index is 566. The monoisotopic (exact) mass is 273 g/mol. The third-order valence-corrected chi connectivity index (χ3v) is 4.44. The fraction of sp³-hybridized carbons (Fsp3) is 0.500. The number of nitrogens with zero attached hydrogens (tertiary/aromatic N) is 1. The third-order valence-electron chi connectivity index (χ3n) is 4.44. The van der Waals surface area contributed by atoms with Gasteiger partial charge in [0.2, 0.25) is 0 Å². The number of hydrogen-bond acceptors (Lipinski definition) is 3. The van der Waals surface area contributed by atoms with Crippen LogP contribution in [0.2, 0.25) is 0 Å². The van der Waals surface area contributed by atoms with Crippen LogP contribution in [0.25, 0.3) is 10.9 Å². The fourth-order valence-electron chi connectivity index (χ4n) is 3.21. The zero-order valence-electron chi connectivity index (χ0n) is 12.0. The van der Waals surface area contributed by atoms with Gasteiger partial charge in [-0.25, -0.2) is 0 Å². The average molecular weight is 273 g/mol. The highest BCUT2D eigenvalue weighted by Gasteiger charge is 2.27. The lowest BCUT2D eigenvalue weighted by Crippen LogP contribution is -2.47. The molecule has 3 N–H and O–H groups in total. The summed E-state index contributed by atoms with van der Waals surface area (Å²) in [6.45, 7) is 2.71. The molecule has 0 spiro atoms. The van der Waals surface area contributed by atoms with Crippen molar-refractivity contribution in [3.63, 3.8) is 0 Å². The van der Waals surface area contributed by atoms with Crippen LogP contribution in [0.3, 0.4) is 0 Å². The number of aromatic amines is 1. The van der Waals surface area contributed by atoms with Crippen LogP contribution in [0.4, 0.5) is 0 Å². The number of para-hydroxylation sites is 1. The summed E-state index contributed by atoms with van der Waals surface area (Å²) in [7, 11) is 1.80. The number of H-pyrrole nitrogens is 1. The van der Waals surface area contributed by atoms with Crippen molar-refractivity contribution in [2.24, 2.45) is 5.73 Å². The van der Waals surface area contributed by atoms with Gasteiger partial charge in [-0.1, -0.05) is 18.2 Å². The van der Waals surface area contributed by atoms with Gasteiger partial charge in [-0.3, -0.25) is 4.90 Å². The van der Waals surface area contributed by atoms with Crippen LogP contribution in [-0.2, 0) is 11.3 Å². The molecule has 1 aromatic heterocycles. The number of rotatable bonds is 4. The van der Waals surface area contributed by atoms with Crippen molar-refractivity contribution in [1.82, 2.24) is 9.88 Å². The summed E-state index contributed by atoms with van der Waals surface area (Å²) in [5.41, 5.74) is 8.51. The number of aromatic nitrogens is 1. The first kappa shape index (κ1) is 13.6. The van der Waals surface area contributed by atoms with Crippen LogP contribution < -0.4 is 5.73 Å². The Hall–Kier alpha value is -1.36. The SMILES string of the molecule is COC1CCN(Cc2c[nH]c3ccccc23)C(CN)C1. The number of fused-ring (bicyclic) bond motifs is 1. The molecule has 0 radical (unpaired) electrons. The molecule has 1 aliphatic rings. The number of nitrogens with one attached hydrogen (secondary N) is 1. The molecule has 1 aliphatic heterocycles. The zero-order chi connectivity index (χ0) is 13.9. The van der Waals surface area contributed by atoms with Crippen molar-refractivity contribution in [3.05, 3.63) is 36.0 Å². The number of methoxy groups -OCH3 is 1. The molecule has 0 amide bonds. The summed E-state index contributed by atoms with van der Waals surface area (Å²) < 4.78 is 5.49. The second-order valence-corrected chi connectivity index (χ2v) is 5.60. The van der Waals surface area contributed by atoms with E-state index in [-0.39, 0.29) is 0 Å². The summed E-state index contributed by atoms with van der Waals surface area (Å²) in [5, 5.41) is 1.32. The molecule has 0 bridgehead atoms. The van der Waals surface area contributed by atoms with E-state index in [2.05, 4.69) is 40.3 Å². The van der Waals surface area contributed by atoms with Crippen molar-refractivity contribution in [2.45, 2.75) is 31.5 Å². The summed E-state index contributed by atoms with van der Waals surface area (Å²) in [6, 6.07) is 8.88. The number of piperidine rings is 1. The van der Waals surface area contributed by atoms with Crippen molar-refractivity contribution < 1.29 is 4.74 Å². The van der Waals surface area contributed by atoms with E-state index in [4.69, 9.17) is 10.5 Å². The Labute approximate surface area is 119 Å². The number of ether oxygens (including phenoxy) is 1. The molecule has 1 aromatic carbocycles. The topological polar surface area (TPSA) is 54.3 Å². The lowest BCUT2D eigenvalue weighted by Gasteiger charge is -2.38. The second-order valence-electron chi connectivity index (χ2n) is 5.60. The molecule has 2 heterocycles. The molecule has 0 saturated carbocycles. The minimum absolute atomic E-state index is 0.364. The summed E-state index contributed by atoms with van der Waals surface area (Å²) in [4.78, 5) is 5.84. The van der Waals surface area contributed by atoms with Crippen LogP contribution >= 0.6 is 0 Å². The van der Waals surface area contributed by atoms with Gasteiger partial charge in [-0.05, 0) is 24.5 Å². The molecule has 4 nitrogen and oxygen atoms in total. The predicted molar refractivity (Wildman–Crippen MR) is 81.6 cm³/mol. The predicted octanol–water partition coefficient (Wildman–Crippen LogP) is 2.11. The Balaban J connectivity index is 1.76. The lowest BCUT2D eigenvalue weighted by molar-refractivity contribution is 0.0104. The Morgan fingerprint density at radius 3 is 3.05 bits per heavy atom. The van der Waals surface area contributed by atoms with Gasteiger partial charge in [-0.15, -0.1) is 0 Å². The minimum atomic E-state index is 0.364. The highest BCUT2D eigenvalue weighted by Crippen LogP contribution is 2.24. The van der Waals surface area contributed by atoms with Crippen LogP contribution in [0.15, 0.2) is 30.5 Å². The maximum Gasteiger partial charge on any atom is 0.0599 e. The molecule has 2 aromatic rings. The van der Waals surface area contributed by atoms with Gasteiger partial charge in [0, 0.05) is 49.9 Å². The van der Waals surface area contributed by atoms with E-state index >= 15 is 0 Å². The average Bonchev–Trinajstić information content (AvgIpc) is 2.91. The second kappa shape index (κ2) is 5.95. The molecule has 108 valence electrons. The van der Waals surface area contributed by atoms with E-state index in [0.29, 0.717) is 18.7 Å². The molecule has 2 atom stereocenters. The summed E-state index contributed by atoms with van der Waals surface area (Å²) in [5.74, 6) is 0. The van der Waals surface area contributed by atoms with Gasteiger partial charge in [0.15, 0.2) is 0 Å². The normalized spacial score (nSPS) is 24.3. The standard InChI is InChI=1S/C16H23N3O/c1-20-14-6-7-19(13(8-14)9-17)11-12-10-18-16-5-3-2-4-15(12)16/h2-5,10,13-14,18H,6-9,11,17H2,1H3. The number of hydrogen-bond donors (Lipinski definition) is 2. The first-order chi connectivity index (χ1) is 9.81. The van der Waals surface area contributed by atoms with E-state index in [9.17, 15) is 0 Å². The van der Waals surface area contributed by atoms with E-state index < -0.39 is 0 Å². The maximum absolute atomic E-state index is 5.95. The van der Waals surface area contributed by atoms with Crippen molar-refractivity contribution in [2.75, 3.05) is 20.2 Å².